The maximum absolute atomic E-state index is 12.1. The van der Waals surface area contributed by atoms with Crippen LogP contribution in [0.3, 0.4) is 0 Å². The average molecular weight is 376 g/mol. The summed E-state index contributed by atoms with van der Waals surface area (Å²) in [6.07, 6.45) is -0.993. The number of carbonyl (C=O) groups is 2. The average Bonchev–Trinajstić information content (AvgIpc) is 2.59. The van der Waals surface area contributed by atoms with Crippen molar-refractivity contribution in [3.8, 4) is 5.75 Å². The summed E-state index contributed by atoms with van der Waals surface area (Å²) in [5, 5.41) is 13.0. The van der Waals surface area contributed by atoms with Crippen molar-refractivity contribution in [1.29, 1.82) is 0 Å². The Kier molecular flexibility index (Phi) is 6.57. The quantitative estimate of drug-likeness (QED) is 0.582. The zero-order valence-electron chi connectivity index (χ0n) is 15.5. The van der Waals surface area contributed by atoms with Gasteiger partial charge in [-0.15, -0.1) is 0 Å². The van der Waals surface area contributed by atoms with E-state index in [1.54, 1.807) is 18.2 Å². The van der Waals surface area contributed by atoms with E-state index in [2.05, 4.69) is 5.32 Å². The van der Waals surface area contributed by atoms with E-state index in [0.717, 1.165) is 0 Å². The van der Waals surface area contributed by atoms with Gasteiger partial charge in [0.15, 0.2) is 0 Å². The molecule has 0 spiro atoms. The van der Waals surface area contributed by atoms with Crippen LogP contribution in [0.15, 0.2) is 33.5 Å². The summed E-state index contributed by atoms with van der Waals surface area (Å²) in [6, 6.07) is 5.12. The molecule has 0 radical (unpaired) electrons. The lowest BCUT2D eigenvalue weighted by Crippen LogP contribution is -2.49. The lowest BCUT2D eigenvalue weighted by Gasteiger charge is -2.19. The molecule has 2 aromatic rings. The van der Waals surface area contributed by atoms with E-state index in [0.29, 0.717) is 22.3 Å². The number of hydrogen-bond donors (Lipinski definition) is 3. The van der Waals surface area contributed by atoms with Crippen LogP contribution in [-0.2, 0) is 16.0 Å². The summed E-state index contributed by atoms with van der Waals surface area (Å²) in [5.74, 6) is -0.828. The third-order valence-electron chi connectivity index (χ3n) is 4.12. The molecule has 8 heteroatoms. The van der Waals surface area contributed by atoms with Gasteiger partial charge in [-0.2, -0.15) is 0 Å². The molecule has 0 aliphatic carbocycles. The number of methoxy groups -OCH3 is 1. The van der Waals surface area contributed by atoms with Crippen LogP contribution in [-0.4, -0.2) is 36.2 Å². The van der Waals surface area contributed by atoms with Gasteiger partial charge in [-0.1, -0.05) is 13.8 Å². The number of aliphatic hydroxyl groups excluding tert-OH is 1. The molecule has 1 aromatic carbocycles. The van der Waals surface area contributed by atoms with E-state index < -0.39 is 29.6 Å². The Hall–Kier alpha value is -2.87. The number of carbonyl (C=O) groups excluding carboxylic acids is 2. The number of aliphatic hydroxyl groups is 1. The number of fused-ring (bicyclic) bond motifs is 1. The van der Waals surface area contributed by atoms with Crippen LogP contribution in [0.2, 0.25) is 0 Å². The zero-order valence-corrected chi connectivity index (χ0v) is 15.5. The van der Waals surface area contributed by atoms with E-state index in [-0.39, 0.29) is 18.8 Å². The predicted octanol–water partition coefficient (Wildman–Crippen LogP) is 0.721. The number of rotatable bonds is 8. The van der Waals surface area contributed by atoms with E-state index in [9.17, 15) is 19.5 Å². The third kappa shape index (κ3) is 5.30. The zero-order chi connectivity index (χ0) is 20.1. The lowest BCUT2D eigenvalue weighted by atomic mass is 10.0. The van der Waals surface area contributed by atoms with Gasteiger partial charge in [-0.3, -0.25) is 9.59 Å². The fourth-order valence-corrected chi connectivity index (χ4v) is 2.77. The van der Waals surface area contributed by atoms with Crippen molar-refractivity contribution in [2.45, 2.75) is 38.8 Å². The molecule has 0 saturated heterocycles. The van der Waals surface area contributed by atoms with Crippen LogP contribution < -0.4 is 21.4 Å². The van der Waals surface area contributed by atoms with Gasteiger partial charge in [0.1, 0.15) is 23.5 Å². The molecule has 1 aromatic heterocycles. The van der Waals surface area contributed by atoms with Gasteiger partial charge in [-0.25, -0.2) is 4.79 Å². The first kappa shape index (κ1) is 20.4. The summed E-state index contributed by atoms with van der Waals surface area (Å²) < 4.78 is 10.3. The minimum atomic E-state index is -1.24. The molecule has 2 atom stereocenters. The second kappa shape index (κ2) is 8.68. The topological polar surface area (TPSA) is 132 Å². The first-order chi connectivity index (χ1) is 12.7. The van der Waals surface area contributed by atoms with Crippen molar-refractivity contribution in [3.63, 3.8) is 0 Å². The fraction of sp³-hybridized carbons (Fsp3) is 0.421. The maximum atomic E-state index is 12.1. The summed E-state index contributed by atoms with van der Waals surface area (Å²) in [4.78, 5) is 35.8. The van der Waals surface area contributed by atoms with Crippen molar-refractivity contribution in [2.24, 2.45) is 11.7 Å². The van der Waals surface area contributed by atoms with E-state index in [1.165, 1.54) is 13.2 Å². The van der Waals surface area contributed by atoms with Gasteiger partial charge in [0, 0.05) is 23.9 Å². The highest BCUT2D eigenvalue weighted by Crippen LogP contribution is 2.23. The van der Waals surface area contributed by atoms with Gasteiger partial charge in [0.05, 0.1) is 7.11 Å². The number of hydrogen-bond acceptors (Lipinski definition) is 6. The first-order valence-electron chi connectivity index (χ1n) is 8.59. The Bertz CT molecular complexity index is 889. The molecule has 1 heterocycles. The van der Waals surface area contributed by atoms with Crippen molar-refractivity contribution >= 4 is 22.8 Å². The summed E-state index contributed by atoms with van der Waals surface area (Å²) >= 11 is 0. The standard InChI is InChI=1S/C19H24N2O6/c1-10(2)6-15(22)19(25)21-14(18(20)24)7-11-8-17(23)27-16-9-12(26-3)4-5-13(11)16/h4-5,8-10,14-15,22H,6-7H2,1-3H3,(H2,20,24)(H,21,25)/t14-,15-/m0/s1. The van der Waals surface area contributed by atoms with Gasteiger partial charge in [-0.05, 0) is 30.0 Å². The van der Waals surface area contributed by atoms with Crippen molar-refractivity contribution < 1.29 is 23.8 Å². The predicted molar refractivity (Wildman–Crippen MR) is 99.3 cm³/mol. The maximum Gasteiger partial charge on any atom is 0.336 e. The van der Waals surface area contributed by atoms with Crippen LogP contribution in [0.4, 0.5) is 0 Å². The number of nitrogens with two attached hydrogens (primary N) is 1. The minimum Gasteiger partial charge on any atom is -0.497 e. The van der Waals surface area contributed by atoms with Gasteiger partial charge in [0.25, 0.3) is 0 Å². The van der Waals surface area contributed by atoms with Crippen molar-refractivity contribution in [3.05, 3.63) is 40.2 Å². The van der Waals surface area contributed by atoms with E-state index >= 15 is 0 Å². The molecule has 146 valence electrons. The second-order valence-corrected chi connectivity index (χ2v) is 6.77. The lowest BCUT2D eigenvalue weighted by molar-refractivity contribution is -0.133. The fourth-order valence-electron chi connectivity index (χ4n) is 2.77. The Balaban J connectivity index is 2.29. The normalized spacial score (nSPS) is 13.4. The van der Waals surface area contributed by atoms with E-state index in [4.69, 9.17) is 14.9 Å². The number of benzene rings is 1. The number of amides is 2. The number of primary amides is 1. The molecule has 0 bridgehead atoms. The summed E-state index contributed by atoms with van der Waals surface area (Å²) in [6.45, 7) is 3.73. The monoisotopic (exact) mass is 376 g/mol. The van der Waals surface area contributed by atoms with E-state index in [1.807, 2.05) is 13.8 Å². The van der Waals surface area contributed by atoms with Crippen LogP contribution in [0, 0.1) is 5.92 Å². The molecule has 8 nitrogen and oxygen atoms in total. The van der Waals surface area contributed by atoms with Crippen molar-refractivity contribution in [2.75, 3.05) is 7.11 Å². The molecule has 2 amide bonds. The van der Waals surface area contributed by atoms with Crippen LogP contribution in [0.1, 0.15) is 25.8 Å². The molecule has 0 aliphatic heterocycles. The molecule has 0 unspecified atom stereocenters. The molecule has 4 N–H and O–H groups in total. The molecule has 2 rings (SSSR count). The molecule has 27 heavy (non-hydrogen) atoms. The molecule has 0 fully saturated rings. The molecular weight excluding hydrogens is 352 g/mol. The second-order valence-electron chi connectivity index (χ2n) is 6.77. The van der Waals surface area contributed by atoms with Gasteiger partial charge >= 0.3 is 5.63 Å². The molecule has 0 aliphatic rings. The smallest absolute Gasteiger partial charge is 0.336 e. The Labute approximate surface area is 156 Å². The van der Waals surface area contributed by atoms with Crippen LogP contribution in [0.5, 0.6) is 5.75 Å². The first-order valence-corrected chi connectivity index (χ1v) is 8.59. The Morgan fingerprint density at radius 2 is 2.00 bits per heavy atom. The SMILES string of the molecule is COc1ccc2c(C[C@H](NC(=O)[C@@H](O)CC(C)C)C(N)=O)cc(=O)oc2c1. The highest BCUT2D eigenvalue weighted by molar-refractivity contribution is 5.89. The number of nitrogens with one attached hydrogen (secondary N) is 1. The molecular formula is C19H24N2O6. The van der Waals surface area contributed by atoms with Gasteiger partial charge < -0.3 is 25.3 Å². The summed E-state index contributed by atoms with van der Waals surface area (Å²) in [7, 11) is 1.49. The third-order valence-corrected chi connectivity index (χ3v) is 4.12. The van der Waals surface area contributed by atoms with Gasteiger partial charge in [0.2, 0.25) is 11.8 Å². The highest BCUT2D eigenvalue weighted by atomic mass is 16.5. The minimum absolute atomic E-state index is 0.0100. The van der Waals surface area contributed by atoms with Crippen LogP contribution in [0.25, 0.3) is 11.0 Å². The Morgan fingerprint density at radius 1 is 1.30 bits per heavy atom. The van der Waals surface area contributed by atoms with Crippen molar-refractivity contribution in [1.82, 2.24) is 5.32 Å². The largest absolute Gasteiger partial charge is 0.497 e. The highest BCUT2D eigenvalue weighted by Gasteiger charge is 2.24. The number of ether oxygens (including phenoxy) is 1. The summed E-state index contributed by atoms with van der Waals surface area (Å²) in [5.41, 5.74) is 5.60. The molecule has 0 saturated carbocycles. The van der Waals surface area contributed by atoms with Crippen LogP contribution >= 0.6 is 0 Å². The Morgan fingerprint density at radius 3 is 2.59 bits per heavy atom.